The van der Waals surface area contributed by atoms with Crippen LogP contribution in [0.5, 0.6) is 0 Å². The molecule has 1 aromatic carbocycles. The molecule has 1 saturated carbocycles. The molecule has 3 rings (SSSR count). The zero-order valence-electron chi connectivity index (χ0n) is 13.2. The highest BCUT2D eigenvalue weighted by atomic mass is 15.1. The van der Waals surface area contributed by atoms with Crippen molar-refractivity contribution in [3.8, 4) is 18.2 Å². The van der Waals surface area contributed by atoms with Crippen molar-refractivity contribution in [2.24, 2.45) is 0 Å². The molecule has 0 radical (unpaired) electrons. The van der Waals surface area contributed by atoms with Gasteiger partial charge in [-0.2, -0.15) is 15.8 Å². The van der Waals surface area contributed by atoms with Gasteiger partial charge in [0.2, 0.25) is 0 Å². The molecule has 6 nitrogen and oxygen atoms in total. The van der Waals surface area contributed by atoms with Gasteiger partial charge >= 0.3 is 0 Å². The lowest BCUT2D eigenvalue weighted by molar-refractivity contribution is 0.359. The maximum absolute atomic E-state index is 9.12. The van der Waals surface area contributed by atoms with Crippen LogP contribution >= 0.6 is 0 Å². The number of fused-ring (bicyclic) bond motifs is 1. The largest absolute Gasteiger partial charge is 0.345 e. The molecule has 1 aromatic heterocycles. The molecule has 1 fully saturated rings. The van der Waals surface area contributed by atoms with E-state index >= 15 is 0 Å². The normalized spacial score (nSPS) is 14.4. The minimum absolute atomic E-state index is 0.0499. The molecule has 6 heteroatoms. The van der Waals surface area contributed by atoms with Gasteiger partial charge in [-0.3, -0.25) is 0 Å². The van der Waals surface area contributed by atoms with E-state index in [0.29, 0.717) is 11.7 Å². The second kappa shape index (κ2) is 6.86. The predicted molar refractivity (Wildman–Crippen MR) is 89.3 cm³/mol. The van der Waals surface area contributed by atoms with Crippen molar-refractivity contribution in [3.05, 3.63) is 35.8 Å². The maximum atomic E-state index is 9.12. The third-order valence-electron chi connectivity index (χ3n) is 4.40. The fraction of sp³-hybridized carbons (Fsp3) is 0.333. The molecule has 1 heterocycles. The van der Waals surface area contributed by atoms with Crippen molar-refractivity contribution in [3.63, 3.8) is 0 Å². The van der Waals surface area contributed by atoms with E-state index in [1.54, 1.807) is 12.1 Å². The molecular weight excluding hydrogens is 300 g/mol. The van der Waals surface area contributed by atoms with Gasteiger partial charge in [0, 0.05) is 11.7 Å². The Hall–Kier alpha value is -3.30. The zero-order chi connectivity index (χ0) is 16.9. The molecule has 0 aliphatic heterocycles. The quantitative estimate of drug-likeness (QED) is 0.868. The highest BCUT2D eigenvalue weighted by molar-refractivity contribution is 5.80. The van der Waals surface area contributed by atoms with Crippen LogP contribution in [0, 0.1) is 34.0 Å². The topological polar surface area (TPSA) is 101 Å². The standard InChI is InChI=1S/C18H16N6/c19-9-13(10-20)17(11-21)23-14-6-7-18-16(8-14)22-12-24(18)15-4-2-1-3-5-15/h6-8,12,15,23H,1-5H2. The van der Waals surface area contributed by atoms with Crippen LogP contribution in [0.3, 0.4) is 0 Å². The number of imidazole rings is 1. The van der Waals surface area contributed by atoms with Gasteiger partial charge < -0.3 is 9.88 Å². The number of nitrogens with one attached hydrogen (secondary N) is 1. The van der Waals surface area contributed by atoms with Crippen LogP contribution < -0.4 is 5.32 Å². The summed E-state index contributed by atoms with van der Waals surface area (Å²) in [6.07, 6.45) is 8.06. The van der Waals surface area contributed by atoms with Gasteiger partial charge in [-0.25, -0.2) is 4.98 Å². The van der Waals surface area contributed by atoms with Crippen LogP contribution in [-0.2, 0) is 0 Å². The second-order valence-corrected chi connectivity index (χ2v) is 5.86. The Labute approximate surface area is 140 Å². The van der Waals surface area contributed by atoms with Crippen molar-refractivity contribution in [2.75, 3.05) is 5.32 Å². The van der Waals surface area contributed by atoms with Gasteiger partial charge in [0.1, 0.15) is 23.9 Å². The third kappa shape index (κ3) is 2.93. The molecule has 0 saturated heterocycles. The van der Waals surface area contributed by atoms with Gasteiger partial charge in [-0.1, -0.05) is 19.3 Å². The van der Waals surface area contributed by atoms with E-state index in [0.717, 1.165) is 11.0 Å². The number of aromatic nitrogens is 2. The molecular formula is C18H16N6. The number of rotatable bonds is 3. The van der Waals surface area contributed by atoms with Crippen molar-refractivity contribution in [2.45, 2.75) is 38.1 Å². The summed E-state index contributed by atoms with van der Waals surface area (Å²) in [7, 11) is 0. The summed E-state index contributed by atoms with van der Waals surface area (Å²) in [4.78, 5) is 4.47. The molecule has 0 amide bonds. The molecule has 0 atom stereocenters. The molecule has 0 bridgehead atoms. The number of allylic oxidation sites excluding steroid dienone is 2. The van der Waals surface area contributed by atoms with E-state index in [-0.39, 0.29) is 11.3 Å². The summed E-state index contributed by atoms with van der Waals surface area (Å²) in [5.74, 6) is 0. The second-order valence-electron chi connectivity index (χ2n) is 5.86. The van der Waals surface area contributed by atoms with Gasteiger partial charge in [0.05, 0.1) is 17.4 Å². The third-order valence-corrected chi connectivity index (χ3v) is 4.40. The number of nitrogens with zero attached hydrogens (tertiary/aromatic N) is 5. The molecule has 1 aliphatic rings. The van der Waals surface area contributed by atoms with E-state index < -0.39 is 0 Å². The molecule has 1 N–H and O–H groups in total. The number of nitriles is 3. The number of hydrogen-bond donors (Lipinski definition) is 1. The van der Waals surface area contributed by atoms with Crippen molar-refractivity contribution < 1.29 is 0 Å². The molecule has 0 unspecified atom stereocenters. The Balaban J connectivity index is 1.91. The van der Waals surface area contributed by atoms with Crippen LogP contribution in [0.15, 0.2) is 35.8 Å². The lowest BCUT2D eigenvalue weighted by atomic mass is 9.95. The smallest absolute Gasteiger partial charge is 0.163 e. The number of anilines is 1. The average Bonchev–Trinajstić information content (AvgIpc) is 3.05. The summed E-state index contributed by atoms with van der Waals surface area (Å²) in [6, 6.07) is 11.4. The van der Waals surface area contributed by atoms with Crippen LogP contribution in [0.2, 0.25) is 0 Å². The SMILES string of the molecule is N#CC(C#N)=C(C#N)Nc1ccc2c(c1)ncn2C1CCCCC1. The van der Waals surface area contributed by atoms with Crippen LogP contribution in [0.1, 0.15) is 38.1 Å². The fourth-order valence-electron chi connectivity index (χ4n) is 3.19. The van der Waals surface area contributed by atoms with Crippen LogP contribution in [0.4, 0.5) is 5.69 Å². The summed E-state index contributed by atoms with van der Waals surface area (Å²) in [5.41, 5.74) is 2.25. The number of hydrogen-bond acceptors (Lipinski definition) is 5. The Kier molecular flexibility index (Phi) is 4.45. The lowest BCUT2D eigenvalue weighted by Gasteiger charge is -2.23. The summed E-state index contributed by atoms with van der Waals surface area (Å²) >= 11 is 0. The Morgan fingerprint density at radius 2 is 1.83 bits per heavy atom. The van der Waals surface area contributed by atoms with Crippen molar-refractivity contribution in [1.29, 1.82) is 15.8 Å². The Bertz CT molecular complexity index is 894. The first-order chi connectivity index (χ1) is 11.8. The lowest BCUT2D eigenvalue weighted by Crippen LogP contribution is -2.11. The van der Waals surface area contributed by atoms with Gasteiger partial charge in [0.25, 0.3) is 0 Å². The Morgan fingerprint density at radius 1 is 1.08 bits per heavy atom. The van der Waals surface area contributed by atoms with E-state index in [9.17, 15) is 0 Å². The molecule has 118 valence electrons. The average molecular weight is 316 g/mol. The molecule has 24 heavy (non-hydrogen) atoms. The highest BCUT2D eigenvalue weighted by Crippen LogP contribution is 2.31. The minimum Gasteiger partial charge on any atom is -0.345 e. The van der Waals surface area contributed by atoms with Crippen LogP contribution in [-0.4, -0.2) is 9.55 Å². The van der Waals surface area contributed by atoms with E-state index in [1.165, 1.54) is 32.1 Å². The first kappa shape index (κ1) is 15.6. The van der Waals surface area contributed by atoms with Crippen molar-refractivity contribution >= 4 is 16.7 Å². The monoisotopic (exact) mass is 316 g/mol. The summed E-state index contributed by atoms with van der Waals surface area (Å²) < 4.78 is 2.23. The number of benzene rings is 1. The van der Waals surface area contributed by atoms with Crippen LogP contribution in [0.25, 0.3) is 11.0 Å². The van der Waals surface area contributed by atoms with Gasteiger partial charge in [-0.05, 0) is 31.0 Å². The van der Waals surface area contributed by atoms with E-state index in [1.807, 2.05) is 30.6 Å². The zero-order valence-corrected chi connectivity index (χ0v) is 13.2. The first-order valence-electron chi connectivity index (χ1n) is 7.95. The molecule has 0 spiro atoms. The minimum atomic E-state index is -0.231. The van der Waals surface area contributed by atoms with E-state index in [4.69, 9.17) is 15.8 Å². The Morgan fingerprint density at radius 3 is 2.50 bits per heavy atom. The summed E-state index contributed by atoms with van der Waals surface area (Å²) in [5, 5.41) is 29.7. The summed E-state index contributed by atoms with van der Waals surface area (Å²) in [6.45, 7) is 0. The van der Waals surface area contributed by atoms with Gasteiger partial charge in [0.15, 0.2) is 5.57 Å². The van der Waals surface area contributed by atoms with E-state index in [2.05, 4.69) is 14.9 Å². The predicted octanol–water partition coefficient (Wildman–Crippen LogP) is 3.78. The van der Waals surface area contributed by atoms with Crippen molar-refractivity contribution in [1.82, 2.24) is 9.55 Å². The fourth-order valence-corrected chi connectivity index (χ4v) is 3.19. The maximum Gasteiger partial charge on any atom is 0.163 e. The molecule has 2 aromatic rings. The van der Waals surface area contributed by atoms with Gasteiger partial charge in [-0.15, -0.1) is 0 Å². The highest BCUT2D eigenvalue weighted by Gasteiger charge is 2.17. The molecule has 1 aliphatic carbocycles. The first-order valence-corrected chi connectivity index (χ1v) is 7.95.